The minimum Gasteiger partial charge on any atom is -0.508 e. The molecule has 6 aliphatic rings. The highest BCUT2D eigenvalue weighted by molar-refractivity contribution is 5.94. The van der Waals surface area contributed by atoms with Crippen molar-refractivity contribution < 1.29 is 18.6 Å². The van der Waals surface area contributed by atoms with E-state index in [0.717, 1.165) is 74.8 Å². The number of benzene rings is 2. The van der Waals surface area contributed by atoms with E-state index >= 15 is 4.39 Å². The number of phenolic OH excluding ortho intramolecular Hbond substituents is 1. The molecule has 4 saturated heterocycles. The van der Waals surface area contributed by atoms with E-state index in [9.17, 15) is 9.50 Å². The highest BCUT2D eigenvalue weighted by Crippen LogP contribution is 2.59. The van der Waals surface area contributed by atoms with E-state index in [4.69, 9.17) is 9.72 Å². The quantitative estimate of drug-likeness (QED) is 0.470. The van der Waals surface area contributed by atoms with E-state index in [0.29, 0.717) is 60.3 Å². The molecule has 41 heavy (non-hydrogen) atoms. The van der Waals surface area contributed by atoms with Gasteiger partial charge in [0.15, 0.2) is 5.82 Å². The van der Waals surface area contributed by atoms with Crippen molar-refractivity contribution in [3.8, 4) is 22.9 Å². The molecule has 2 unspecified atom stereocenters. The van der Waals surface area contributed by atoms with E-state index < -0.39 is 12.0 Å². The number of nitrogens with zero attached hydrogens (tertiary/aromatic N) is 4. The summed E-state index contributed by atoms with van der Waals surface area (Å²) >= 11 is 0. The highest BCUT2D eigenvalue weighted by atomic mass is 19.1. The number of aromatic nitrogens is 2. The summed E-state index contributed by atoms with van der Waals surface area (Å²) in [5.74, 6) is 1.57. The number of fused-ring (bicyclic) bond motifs is 7. The maximum absolute atomic E-state index is 16.6. The van der Waals surface area contributed by atoms with Gasteiger partial charge in [-0.3, -0.25) is 4.90 Å². The number of rotatable bonds is 5. The van der Waals surface area contributed by atoms with E-state index in [2.05, 4.69) is 20.1 Å². The van der Waals surface area contributed by atoms with Crippen molar-refractivity contribution in [3.63, 3.8) is 0 Å². The first-order valence-electron chi connectivity index (χ1n) is 15.3. The topological polar surface area (TPSA) is 73.8 Å². The van der Waals surface area contributed by atoms with Gasteiger partial charge >= 0.3 is 6.01 Å². The van der Waals surface area contributed by atoms with Crippen LogP contribution < -0.4 is 15.0 Å². The van der Waals surface area contributed by atoms with Crippen molar-refractivity contribution in [2.45, 2.75) is 74.7 Å². The number of alkyl halides is 1. The van der Waals surface area contributed by atoms with E-state index in [1.165, 1.54) is 0 Å². The number of aromatic hydroxyl groups is 1. The predicted molar refractivity (Wildman–Crippen MR) is 152 cm³/mol. The normalized spacial score (nSPS) is 33.3. The van der Waals surface area contributed by atoms with E-state index in [-0.39, 0.29) is 22.8 Å². The fourth-order valence-corrected chi connectivity index (χ4v) is 8.85. The zero-order valence-electron chi connectivity index (χ0n) is 23.1. The molecule has 2 bridgehead atoms. The van der Waals surface area contributed by atoms with Gasteiger partial charge in [-0.1, -0.05) is 6.07 Å². The van der Waals surface area contributed by atoms with Crippen LogP contribution in [0, 0.1) is 11.7 Å². The SMILES string of the molecule is Oc1cc(-c2ccc3c(N4C[C@H]5CC[C@@H](C4)N5)nc(OC[C@@]45CCCN4C[C@H](F)C5)nc3c2F)c2c(c1)C1CC1C2. The Morgan fingerprint density at radius 3 is 2.80 bits per heavy atom. The summed E-state index contributed by atoms with van der Waals surface area (Å²) in [5, 5.41) is 14.9. The van der Waals surface area contributed by atoms with Crippen molar-refractivity contribution in [1.82, 2.24) is 20.2 Å². The molecule has 214 valence electrons. The van der Waals surface area contributed by atoms with Crippen LogP contribution in [0.4, 0.5) is 14.6 Å². The van der Waals surface area contributed by atoms with Gasteiger partial charge in [0.05, 0.1) is 5.54 Å². The zero-order chi connectivity index (χ0) is 27.5. The summed E-state index contributed by atoms with van der Waals surface area (Å²) in [4.78, 5) is 14.0. The minimum absolute atomic E-state index is 0.153. The molecule has 2 aromatic carbocycles. The van der Waals surface area contributed by atoms with Crippen LogP contribution in [0.1, 0.15) is 55.6 Å². The first-order valence-corrected chi connectivity index (χ1v) is 15.3. The van der Waals surface area contributed by atoms with Gasteiger partial charge in [-0.15, -0.1) is 0 Å². The molecule has 0 spiro atoms. The summed E-state index contributed by atoms with van der Waals surface area (Å²) in [7, 11) is 0. The third-order valence-corrected chi connectivity index (χ3v) is 10.9. The standard InChI is InChI=1S/C32H35F2N5O2/c33-18-12-32(6-1-7-39(32)13-18)16-41-31-36-29-23(30(37-31)38-14-19-2-3-20(15-38)35-19)5-4-22(28(29)34)26-10-21(40)11-27-24-8-17(24)9-25(26)27/h4-5,10-11,17-20,24,35,40H,1-3,6-9,12-16H2/t17?,18-,19-,20+,24?,32+/m1/s1. The van der Waals surface area contributed by atoms with Crippen molar-refractivity contribution in [1.29, 1.82) is 0 Å². The monoisotopic (exact) mass is 559 g/mol. The zero-order valence-corrected chi connectivity index (χ0v) is 23.1. The first kappa shape index (κ1) is 24.5. The number of ether oxygens (including phenoxy) is 1. The molecule has 3 aromatic rings. The van der Waals surface area contributed by atoms with Crippen LogP contribution in [0.3, 0.4) is 0 Å². The van der Waals surface area contributed by atoms with Gasteiger partial charge in [-0.25, -0.2) is 8.78 Å². The Balaban J connectivity index is 1.15. The van der Waals surface area contributed by atoms with Gasteiger partial charge in [0.1, 0.15) is 29.9 Å². The third kappa shape index (κ3) is 3.80. The molecule has 0 radical (unpaired) electrons. The number of phenols is 1. The summed E-state index contributed by atoms with van der Waals surface area (Å²) in [6, 6.07) is 8.25. The average molecular weight is 560 g/mol. The molecular formula is C32H35F2N5O2. The van der Waals surface area contributed by atoms with Gasteiger partial charge in [0.2, 0.25) is 0 Å². The number of piperazine rings is 1. The van der Waals surface area contributed by atoms with E-state index in [1.54, 1.807) is 6.07 Å². The fourth-order valence-electron chi connectivity index (χ4n) is 8.85. The molecule has 9 heteroatoms. The summed E-state index contributed by atoms with van der Waals surface area (Å²) in [5.41, 5.74) is 3.43. The lowest BCUT2D eigenvalue weighted by Gasteiger charge is -2.34. The summed E-state index contributed by atoms with van der Waals surface area (Å²) in [6.07, 6.45) is 5.85. The molecule has 2 aliphatic carbocycles. The van der Waals surface area contributed by atoms with Crippen LogP contribution >= 0.6 is 0 Å². The van der Waals surface area contributed by atoms with Gasteiger partial charge in [-0.2, -0.15) is 9.97 Å². The Morgan fingerprint density at radius 1 is 1.10 bits per heavy atom. The molecule has 5 fully saturated rings. The van der Waals surface area contributed by atoms with Crippen LogP contribution in [0.25, 0.3) is 22.0 Å². The van der Waals surface area contributed by atoms with Crippen molar-refractivity contribution in [3.05, 3.63) is 41.2 Å². The van der Waals surface area contributed by atoms with Crippen LogP contribution in [0.15, 0.2) is 24.3 Å². The molecule has 2 N–H and O–H groups in total. The smallest absolute Gasteiger partial charge is 0.319 e. The van der Waals surface area contributed by atoms with Crippen LogP contribution in [0.2, 0.25) is 0 Å². The lowest BCUT2D eigenvalue weighted by atomic mass is 9.93. The second kappa shape index (κ2) is 8.74. The molecule has 9 rings (SSSR count). The molecule has 6 atom stereocenters. The first-order chi connectivity index (χ1) is 19.9. The third-order valence-electron chi connectivity index (χ3n) is 10.9. The lowest BCUT2D eigenvalue weighted by molar-refractivity contribution is 0.107. The number of hydrogen-bond donors (Lipinski definition) is 2. The Kier molecular flexibility index (Phi) is 5.23. The van der Waals surface area contributed by atoms with Crippen LogP contribution in [-0.4, -0.2) is 76.6 Å². The Morgan fingerprint density at radius 2 is 1.95 bits per heavy atom. The largest absolute Gasteiger partial charge is 0.508 e. The Labute approximate surface area is 237 Å². The van der Waals surface area contributed by atoms with Gasteiger partial charge in [-0.05, 0) is 91.8 Å². The average Bonchev–Trinajstić information content (AvgIpc) is 3.16. The number of hydrogen-bond acceptors (Lipinski definition) is 7. The van der Waals surface area contributed by atoms with Gasteiger partial charge in [0.25, 0.3) is 0 Å². The van der Waals surface area contributed by atoms with Crippen molar-refractivity contribution in [2.75, 3.05) is 37.7 Å². The molecule has 1 aromatic heterocycles. The van der Waals surface area contributed by atoms with Crippen molar-refractivity contribution in [2.24, 2.45) is 5.92 Å². The van der Waals surface area contributed by atoms with Crippen molar-refractivity contribution >= 4 is 16.7 Å². The van der Waals surface area contributed by atoms with Gasteiger partial charge in [0, 0.05) is 49.1 Å². The van der Waals surface area contributed by atoms with Crippen LogP contribution in [0.5, 0.6) is 11.8 Å². The second-order valence-corrected chi connectivity index (χ2v) is 13.4. The molecule has 0 amide bonds. The summed E-state index contributed by atoms with van der Waals surface area (Å²) < 4.78 is 37.3. The predicted octanol–water partition coefficient (Wildman–Crippen LogP) is 4.70. The highest BCUT2D eigenvalue weighted by Gasteiger charge is 2.50. The Bertz CT molecular complexity index is 1570. The van der Waals surface area contributed by atoms with E-state index in [1.807, 2.05) is 18.2 Å². The molecule has 1 saturated carbocycles. The number of halogens is 2. The summed E-state index contributed by atoms with van der Waals surface area (Å²) in [6.45, 7) is 3.23. The fraction of sp³-hybridized carbons (Fsp3) is 0.562. The van der Waals surface area contributed by atoms with Crippen LogP contribution in [-0.2, 0) is 6.42 Å². The molecule has 4 aliphatic heterocycles. The maximum Gasteiger partial charge on any atom is 0.319 e. The lowest BCUT2D eigenvalue weighted by Crippen LogP contribution is -2.51. The number of nitrogens with one attached hydrogen (secondary N) is 1. The second-order valence-electron chi connectivity index (χ2n) is 13.4. The number of anilines is 1. The minimum atomic E-state index is -0.849. The van der Waals surface area contributed by atoms with Gasteiger partial charge < -0.3 is 20.1 Å². The molecule has 5 heterocycles. The molecular weight excluding hydrogens is 524 g/mol. The molecule has 7 nitrogen and oxygen atoms in total. The Hall–Kier alpha value is -3.04. The maximum atomic E-state index is 16.6.